The van der Waals surface area contributed by atoms with Crippen molar-refractivity contribution in [2.24, 2.45) is 23.3 Å². The lowest BCUT2D eigenvalue weighted by molar-refractivity contribution is -0.297. The van der Waals surface area contributed by atoms with Gasteiger partial charge in [-0.05, 0) is 62.8 Å². The molecule has 0 radical (unpaired) electrons. The van der Waals surface area contributed by atoms with Gasteiger partial charge in [-0.2, -0.15) is 0 Å². The van der Waals surface area contributed by atoms with Crippen molar-refractivity contribution in [3.05, 3.63) is 59.5 Å². The number of hydrogen-bond donors (Lipinski definition) is 5. The highest BCUT2D eigenvalue weighted by molar-refractivity contribution is 8.03. The fourth-order valence-corrected chi connectivity index (χ4v) is 6.56. The number of amides is 3. The zero-order valence-corrected chi connectivity index (χ0v) is 28.5. The molecule has 1 aliphatic heterocycles. The van der Waals surface area contributed by atoms with E-state index in [-0.39, 0.29) is 36.1 Å². The average Bonchev–Trinajstić information content (AvgIpc) is 2.98. The Labute approximate surface area is 278 Å². The van der Waals surface area contributed by atoms with Gasteiger partial charge in [0.05, 0.1) is 24.3 Å². The van der Waals surface area contributed by atoms with Gasteiger partial charge in [-0.1, -0.05) is 68.3 Å². The molecule has 258 valence electrons. The Bertz CT molecular complexity index is 1130. The highest BCUT2D eigenvalue weighted by Crippen LogP contribution is 2.39. The van der Waals surface area contributed by atoms with Gasteiger partial charge in [0.25, 0.3) is 0 Å². The van der Waals surface area contributed by atoms with Gasteiger partial charge in [0.2, 0.25) is 18.2 Å². The molecule has 2 aliphatic rings. The van der Waals surface area contributed by atoms with E-state index >= 15 is 0 Å². The SMILES string of the molecule is C=C/C=C(/CC(N)=O)SCC(C)=O.CC(C)(C)NC(=O)C1CC2CCCCC2CN1CC(O)C(Cc1ccccc1)OO.NC=O. The highest BCUT2D eigenvalue weighted by Gasteiger charge is 2.41. The minimum atomic E-state index is -0.889. The molecular formula is C34H54N4O7S. The van der Waals surface area contributed by atoms with Gasteiger partial charge in [0.15, 0.2) is 0 Å². The number of ketones is 1. The number of aliphatic hydroxyl groups excluding tert-OH is 1. The summed E-state index contributed by atoms with van der Waals surface area (Å²) in [7, 11) is 0. The normalized spacial score (nSPS) is 21.1. The second kappa shape index (κ2) is 21.7. The minimum absolute atomic E-state index is 0.0308. The molecule has 1 aromatic rings. The maximum Gasteiger partial charge on any atom is 0.237 e. The van der Waals surface area contributed by atoms with E-state index in [1.54, 1.807) is 12.2 Å². The third kappa shape index (κ3) is 16.5. The molecule has 3 amide bonds. The number of nitrogens with two attached hydrogens (primary N) is 2. The number of thioether (sulfide) groups is 1. The predicted molar refractivity (Wildman–Crippen MR) is 182 cm³/mol. The summed E-state index contributed by atoms with van der Waals surface area (Å²) in [4.78, 5) is 50.5. The van der Waals surface area contributed by atoms with Crippen LogP contribution < -0.4 is 16.8 Å². The summed E-state index contributed by atoms with van der Waals surface area (Å²) in [6.07, 6.45) is 8.18. The summed E-state index contributed by atoms with van der Waals surface area (Å²) in [6, 6.07) is 9.43. The second-order valence-electron chi connectivity index (χ2n) is 12.8. The topological polar surface area (TPSA) is 185 Å². The van der Waals surface area contributed by atoms with E-state index < -0.39 is 18.1 Å². The molecule has 5 unspecified atom stereocenters. The third-order valence-electron chi connectivity index (χ3n) is 7.68. The summed E-state index contributed by atoms with van der Waals surface area (Å²) in [5.41, 5.74) is 9.88. The molecule has 1 heterocycles. The van der Waals surface area contributed by atoms with Crippen LogP contribution in [0.25, 0.3) is 0 Å². The molecule has 3 rings (SSSR count). The Morgan fingerprint density at radius 3 is 2.30 bits per heavy atom. The Kier molecular flexibility index (Phi) is 19.3. The van der Waals surface area contributed by atoms with Crippen molar-refractivity contribution in [3.8, 4) is 0 Å². The summed E-state index contributed by atoms with van der Waals surface area (Å²) in [5, 5.41) is 23.5. The van der Waals surface area contributed by atoms with Crippen LogP contribution in [0.4, 0.5) is 0 Å². The Morgan fingerprint density at radius 1 is 1.17 bits per heavy atom. The number of hydrogen-bond acceptors (Lipinski definition) is 9. The van der Waals surface area contributed by atoms with E-state index in [1.165, 1.54) is 44.4 Å². The third-order valence-corrected chi connectivity index (χ3v) is 8.88. The molecule has 7 N–H and O–H groups in total. The summed E-state index contributed by atoms with van der Waals surface area (Å²) < 4.78 is 0. The first-order chi connectivity index (χ1) is 21.7. The monoisotopic (exact) mass is 662 g/mol. The molecule has 1 saturated heterocycles. The summed E-state index contributed by atoms with van der Waals surface area (Å²) in [6.45, 7) is 12.1. The fraction of sp³-hybridized carbons (Fsp3) is 0.588. The van der Waals surface area contributed by atoms with Crippen LogP contribution in [0.15, 0.2) is 54.0 Å². The van der Waals surface area contributed by atoms with Gasteiger partial charge in [0, 0.05) is 25.0 Å². The standard InChI is InChI=1S/C24H38N2O4.C9H13NO2S.CH3NO/c1-24(2,3)25-23(28)20-14-18-11-7-8-12-19(18)15-26(20)16-21(27)22(30-29)13-17-9-5-4-6-10-17;1-3-4-8(5-9(10)12)13-6-7(2)11;2-1-3/h4-6,9-10,18-22,27,29H,7-8,11-16H2,1-3H3,(H,25,28);3-4H,1,5-6H2,2H3,(H2,10,12);1H,(H2,2,3)/b;8-4-;. The van der Waals surface area contributed by atoms with Crippen molar-refractivity contribution in [2.45, 2.75) is 96.4 Å². The zero-order chi connectivity index (χ0) is 34.7. The predicted octanol–water partition coefficient (Wildman–Crippen LogP) is 3.60. The molecule has 2 fully saturated rings. The summed E-state index contributed by atoms with van der Waals surface area (Å²) >= 11 is 1.32. The molecule has 11 nitrogen and oxygen atoms in total. The van der Waals surface area contributed by atoms with Crippen LogP contribution in [0.5, 0.6) is 0 Å². The average molecular weight is 663 g/mol. The van der Waals surface area contributed by atoms with Gasteiger partial charge in [0.1, 0.15) is 11.9 Å². The van der Waals surface area contributed by atoms with Gasteiger partial charge < -0.3 is 21.9 Å². The molecule has 0 spiro atoms. The van der Waals surface area contributed by atoms with Crippen LogP contribution in [0.1, 0.15) is 71.8 Å². The van der Waals surface area contributed by atoms with Gasteiger partial charge in [-0.25, -0.2) is 4.89 Å². The number of allylic oxidation sites excluding steroid dienone is 2. The number of carbonyl (C=O) groups excluding carboxylic acids is 4. The first kappa shape index (κ1) is 41.0. The number of primary amides is 2. The van der Waals surface area contributed by atoms with Crippen molar-refractivity contribution in [1.82, 2.24) is 10.2 Å². The number of piperidine rings is 1. The van der Waals surface area contributed by atoms with Crippen LogP contribution in [0.3, 0.4) is 0 Å². The van der Waals surface area contributed by atoms with Gasteiger partial charge in [-0.15, -0.1) is 11.8 Å². The van der Waals surface area contributed by atoms with E-state index in [2.05, 4.69) is 27.4 Å². The number of fused-ring (bicyclic) bond motifs is 1. The second-order valence-corrected chi connectivity index (χ2v) is 13.9. The lowest BCUT2D eigenvalue weighted by atomic mass is 9.72. The lowest BCUT2D eigenvalue weighted by Gasteiger charge is -2.46. The first-order valence-electron chi connectivity index (χ1n) is 15.7. The number of likely N-dealkylation sites (tertiary alicyclic amines) is 1. The van der Waals surface area contributed by atoms with Crippen LogP contribution >= 0.6 is 11.8 Å². The highest BCUT2D eigenvalue weighted by atomic mass is 32.2. The first-order valence-corrected chi connectivity index (χ1v) is 16.7. The minimum Gasteiger partial charge on any atom is -0.389 e. The van der Waals surface area contributed by atoms with E-state index in [0.717, 1.165) is 23.4 Å². The molecule has 0 aromatic heterocycles. The molecule has 0 bridgehead atoms. The smallest absolute Gasteiger partial charge is 0.237 e. The number of aliphatic hydroxyl groups is 1. The maximum atomic E-state index is 13.1. The van der Waals surface area contributed by atoms with Gasteiger partial charge in [-0.3, -0.25) is 29.3 Å². The summed E-state index contributed by atoms with van der Waals surface area (Å²) in [5.74, 6) is 1.23. The molecule has 1 saturated carbocycles. The molecular weight excluding hydrogens is 608 g/mol. The fourth-order valence-electron chi connectivity index (χ4n) is 5.73. The van der Waals surface area contributed by atoms with E-state index in [1.807, 2.05) is 51.1 Å². The van der Waals surface area contributed by atoms with Crippen molar-refractivity contribution < 1.29 is 34.4 Å². The number of rotatable bonds is 13. The van der Waals surface area contributed by atoms with Crippen LogP contribution in [-0.2, 0) is 30.5 Å². The Hall–Kier alpha value is -3.03. The van der Waals surface area contributed by atoms with Crippen molar-refractivity contribution in [2.75, 3.05) is 18.8 Å². The molecule has 1 aromatic carbocycles. The lowest BCUT2D eigenvalue weighted by Crippen LogP contribution is -2.59. The van der Waals surface area contributed by atoms with Crippen molar-refractivity contribution in [3.63, 3.8) is 0 Å². The van der Waals surface area contributed by atoms with Crippen molar-refractivity contribution in [1.29, 1.82) is 0 Å². The number of Topliss-reactive ketones (excluding diaryl/α,β-unsaturated/α-hetero) is 1. The number of benzene rings is 1. The number of nitrogens with one attached hydrogen (secondary N) is 1. The van der Waals surface area contributed by atoms with Crippen LogP contribution in [0.2, 0.25) is 0 Å². The van der Waals surface area contributed by atoms with Gasteiger partial charge >= 0.3 is 0 Å². The molecule has 5 atom stereocenters. The Morgan fingerprint density at radius 2 is 1.78 bits per heavy atom. The van der Waals surface area contributed by atoms with E-state index in [9.17, 15) is 24.7 Å². The molecule has 12 heteroatoms. The number of nitrogens with zero attached hydrogens (tertiary/aromatic N) is 1. The van der Waals surface area contributed by atoms with Crippen molar-refractivity contribution >= 4 is 35.8 Å². The van der Waals surface area contributed by atoms with Crippen LogP contribution in [0, 0.1) is 11.8 Å². The van der Waals surface area contributed by atoms with E-state index in [0.29, 0.717) is 30.6 Å². The Balaban J connectivity index is 0.000000554. The van der Waals surface area contributed by atoms with Crippen LogP contribution in [-0.4, -0.2) is 81.9 Å². The number of β-amino-alcohol motifs (C(OH)–C–C–N with tert-alkyl or cyclic N) is 1. The largest absolute Gasteiger partial charge is 0.389 e. The number of carbonyl (C=O) groups is 4. The molecule has 46 heavy (non-hydrogen) atoms. The maximum absolute atomic E-state index is 13.1. The molecule has 1 aliphatic carbocycles. The zero-order valence-electron chi connectivity index (χ0n) is 27.7. The van der Waals surface area contributed by atoms with E-state index in [4.69, 9.17) is 10.5 Å². The quantitative estimate of drug-likeness (QED) is 0.0911.